The number of nitrogens with one attached hydrogen (secondary N) is 3. The van der Waals surface area contributed by atoms with Gasteiger partial charge in [0, 0.05) is 42.0 Å². The fourth-order valence-electron chi connectivity index (χ4n) is 5.11. The summed E-state index contributed by atoms with van der Waals surface area (Å²) in [5.74, 6) is 1.43. The van der Waals surface area contributed by atoms with Gasteiger partial charge in [-0.1, -0.05) is 11.6 Å². The van der Waals surface area contributed by atoms with Gasteiger partial charge >= 0.3 is 0 Å². The summed E-state index contributed by atoms with van der Waals surface area (Å²) in [4.78, 5) is 32.7. The Morgan fingerprint density at radius 1 is 1.00 bits per heavy atom. The van der Waals surface area contributed by atoms with E-state index in [2.05, 4.69) is 39.7 Å². The fourth-order valence-corrected chi connectivity index (χ4v) is 5.11. The number of ether oxygens (including phenoxy) is 1. The molecule has 1 aromatic carbocycles. The summed E-state index contributed by atoms with van der Waals surface area (Å²) in [5.41, 5.74) is 6.09. The number of pyridine rings is 1. The molecule has 2 aliphatic rings. The van der Waals surface area contributed by atoms with Gasteiger partial charge in [0.1, 0.15) is 11.3 Å². The summed E-state index contributed by atoms with van der Waals surface area (Å²) < 4.78 is 6.20. The van der Waals surface area contributed by atoms with Crippen LogP contribution in [0.5, 0.6) is 5.75 Å². The van der Waals surface area contributed by atoms with Crippen LogP contribution in [0.1, 0.15) is 67.1 Å². The summed E-state index contributed by atoms with van der Waals surface area (Å²) in [6.07, 6.45) is 7.69. The van der Waals surface area contributed by atoms with E-state index in [1.54, 1.807) is 13.1 Å². The molecule has 0 bridgehead atoms. The van der Waals surface area contributed by atoms with Crippen LogP contribution in [0.2, 0.25) is 0 Å². The lowest BCUT2D eigenvalue weighted by atomic mass is 9.91. The van der Waals surface area contributed by atoms with Crippen molar-refractivity contribution in [3.05, 3.63) is 47.3 Å². The number of benzene rings is 1. The Morgan fingerprint density at radius 2 is 1.71 bits per heavy atom. The van der Waals surface area contributed by atoms with Gasteiger partial charge in [0.2, 0.25) is 5.91 Å². The number of carbonyl (C=O) groups excluding carboxylic acids is 2. The third-order valence-corrected chi connectivity index (χ3v) is 7.17. The van der Waals surface area contributed by atoms with Crippen LogP contribution in [-0.4, -0.2) is 40.5 Å². The number of amides is 2. The van der Waals surface area contributed by atoms with E-state index in [4.69, 9.17) is 4.74 Å². The highest BCUT2D eigenvalue weighted by Crippen LogP contribution is 2.38. The maximum absolute atomic E-state index is 13.4. The van der Waals surface area contributed by atoms with Crippen LogP contribution in [0.25, 0.3) is 22.2 Å². The number of hydrogen-bond acceptors (Lipinski definition) is 4. The standard InChI is InChI=1S/C28H34N4O3/c1-16-4-11-24(35-15-19-5-6-19)23(14-16)22-12-13-29-27-25(17(2)30-26(22)27)28(34)32-21-9-7-20(8-10-21)31-18(3)33/h4,11-14,19-21,30H,5-10,15H2,1-3H3,(H,31,33)(H,32,34)/t20-,21+. The molecular formula is C28H34N4O3. The molecular weight excluding hydrogens is 440 g/mol. The molecule has 2 aromatic heterocycles. The molecule has 0 atom stereocenters. The van der Waals surface area contributed by atoms with Gasteiger partial charge in [-0.05, 0) is 76.5 Å². The van der Waals surface area contributed by atoms with Crippen LogP contribution in [-0.2, 0) is 4.79 Å². The number of aryl methyl sites for hydroxylation is 2. The molecule has 2 amide bonds. The van der Waals surface area contributed by atoms with Crippen molar-refractivity contribution in [2.75, 3.05) is 6.61 Å². The molecule has 184 valence electrons. The Bertz CT molecular complexity index is 1250. The minimum atomic E-state index is -0.101. The Labute approximate surface area is 206 Å². The van der Waals surface area contributed by atoms with E-state index in [1.807, 2.05) is 19.1 Å². The molecule has 2 aliphatic carbocycles. The number of nitrogens with zero attached hydrogens (tertiary/aromatic N) is 1. The Kier molecular flexibility index (Phi) is 6.50. The topological polar surface area (TPSA) is 96.1 Å². The molecule has 3 aromatic rings. The van der Waals surface area contributed by atoms with Crippen molar-refractivity contribution in [1.82, 2.24) is 20.6 Å². The monoisotopic (exact) mass is 474 g/mol. The summed E-state index contributed by atoms with van der Waals surface area (Å²) in [5, 5.41) is 6.20. The van der Waals surface area contributed by atoms with E-state index in [1.165, 1.54) is 12.8 Å². The first-order chi connectivity index (χ1) is 16.9. The minimum absolute atomic E-state index is 0.00323. The average molecular weight is 475 g/mol. The normalized spacial score (nSPS) is 20.0. The van der Waals surface area contributed by atoms with Crippen LogP contribution in [0.15, 0.2) is 30.5 Å². The molecule has 7 heteroatoms. The van der Waals surface area contributed by atoms with E-state index < -0.39 is 0 Å². The second-order valence-electron chi connectivity index (χ2n) is 10.2. The zero-order chi connectivity index (χ0) is 24.5. The van der Waals surface area contributed by atoms with E-state index in [-0.39, 0.29) is 23.9 Å². The maximum Gasteiger partial charge on any atom is 0.255 e. The fraction of sp³-hybridized carbons (Fsp3) is 0.464. The predicted molar refractivity (Wildman–Crippen MR) is 137 cm³/mol. The van der Waals surface area contributed by atoms with E-state index in [0.717, 1.165) is 65.9 Å². The molecule has 0 spiro atoms. The Balaban J connectivity index is 1.40. The number of rotatable bonds is 7. The third kappa shape index (κ3) is 5.19. The highest BCUT2D eigenvalue weighted by Gasteiger charge is 2.27. The van der Waals surface area contributed by atoms with Crippen LogP contribution < -0.4 is 15.4 Å². The summed E-state index contributed by atoms with van der Waals surface area (Å²) >= 11 is 0. The van der Waals surface area contributed by atoms with Gasteiger partial charge in [-0.3, -0.25) is 14.6 Å². The van der Waals surface area contributed by atoms with Crippen molar-refractivity contribution in [2.45, 2.75) is 71.4 Å². The van der Waals surface area contributed by atoms with Crippen molar-refractivity contribution in [2.24, 2.45) is 5.92 Å². The smallest absolute Gasteiger partial charge is 0.255 e. The van der Waals surface area contributed by atoms with Gasteiger partial charge in [-0.25, -0.2) is 0 Å². The molecule has 0 saturated heterocycles. The van der Waals surface area contributed by atoms with Crippen LogP contribution in [0, 0.1) is 19.8 Å². The maximum atomic E-state index is 13.4. The van der Waals surface area contributed by atoms with Crippen molar-refractivity contribution >= 4 is 22.8 Å². The van der Waals surface area contributed by atoms with Crippen LogP contribution in [0.4, 0.5) is 0 Å². The van der Waals surface area contributed by atoms with E-state index in [9.17, 15) is 9.59 Å². The first-order valence-electron chi connectivity index (χ1n) is 12.7. The largest absolute Gasteiger partial charge is 0.493 e. The lowest BCUT2D eigenvalue weighted by Gasteiger charge is -2.29. The van der Waals surface area contributed by atoms with Crippen molar-refractivity contribution in [3.63, 3.8) is 0 Å². The Morgan fingerprint density at radius 3 is 2.40 bits per heavy atom. The van der Waals surface area contributed by atoms with Crippen molar-refractivity contribution in [3.8, 4) is 16.9 Å². The van der Waals surface area contributed by atoms with E-state index in [0.29, 0.717) is 17.0 Å². The summed E-state index contributed by atoms with van der Waals surface area (Å²) in [7, 11) is 0. The zero-order valence-corrected chi connectivity index (χ0v) is 20.7. The first kappa shape index (κ1) is 23.4. The predicted octanol–water partition coefficient (Wildman–Crippen LogP) is 4.81. The molecule has 0 unspecified atom stereocenters. The molecule has 2 fully saturated rings. The lowest BCUT2D eigenvalue weighted by Crippen LogP contribution is -2.43. The molecule has 2 heterocycles. The third-order valence-electron chi connectivity index (χ3n) is 7.17. The number of aromatic amines is 1. The van der Waals surface area contributed by atoms with Gasteiger partial charge in [-0.2, -0.15) is 0 Å². The zero-order valence-electron chi connectivity index (χ0n) is 20.7. The summed E-state index contributed by atoms with van der Waals surface area (Å²) in [6, 6.07) is 8.54. The SMILES string of the molecule is CC(=O)N[C@H]1CC[C@@H](NC(=O)c2c(C)[nH]c3c(-c4cc(C)ccc4OCC4CC4)ccnc23)CC1. The molecule has 35 heavy (non-hydrogen) atoms. The molecule has 0 aliphatic heterocycles. The molecule has 2 saturated carbocycles. The number of carbonyl (C=O) groups is 2. The summed E-state index contributed by atoms with van der Waals surface area (Å²) in [6.45, 7) is 6.29. The van der Waals surface area contributed by atoms with Gasteiger partial charge in [-0.15, -0.1) is 0 Å². The van der Waals surface area contributed by atoms with Crippen LogP contribution in [0.3, 0.4) is 0 Å². The number of aromatic nitrogens is 2. The van der Waals surface area contributed by atoms with Crippen molar-refractivity contribution < 1.29 is 14.3 Å². The number of fused-ring (bicyclic) bond motifs is 1. The first-order valence-corrected chi connectivity index (χ1v) is 12.7. The molecule has 0 radical (unpaired) electrons. The highest BCUT2D eigenvalue weighted by atomic mass is 16.5. The minimum Gasteiger partial charge on any atom is -0.493 e. The van der Waals surface area contributed by atoms with Gasteiger partial charge in [0.15, 0.2) is 0 Å². The lowest BCUT2D eigenvalue weighted by molar-refractivity contribution is -0.119. The van der Waals surface area contributed by atoms with Crippen LogP contribution >= 0.6 is 0 Å². The number of hydrogen-bond donors (Lipinski definition) is 3. The second-order valence-corrected chi connectivity index (χ2v) is 10.2. The molecule has 7 nitrogen and oxygen atoms in total. The van der Waals surface area contributed by atoms with Gasteiger partial charge < -0.3 is 20.4 Å². The van der Waals surface area contributed by atoms with Crippen molar-refractivity contribution in [1.29, 1.82) is 0 Å². The molecule has 3 N–H and O–H groups in total. The quantitative estimate of drug-likeness (QED) is 0.458. The van der Waals surface area contributed by atoms with Gasteiger partial charge in [0.25, 0.3) is 5.91 Å². The number of H-pyrrole nitrogens is 1. The highest BCUT2D eigenvalue weighted by molar-refractivity contribution is 6.09. The average Bonchev–Trinajstić information content (AvgIpc) is 3.58. The Hall–Kier alpha value is -3.35. The molecule has 5 rings (SSSR count). The second kappa shape index (κ2) is 9.72. The van der Waals surface area contributed by atoms with E-state index >= 15 is 0 Å². The van der Waals surface area contributed by atoms with Gasteiger partial charge in [0.05, 0.1) is 17.7 Å².